The van der Waals surface area contributed by atoms with E-state index in [-0.39, 0.29) is 6.17 Å². The third-order valence-corrected chi connectivity index (χ3v) is 2.40. The van der Waals surface area contributed by atoms with E-state index in [0.29, 0.717) is 6.54 Å². The minimum atomic E-state index is 0.0404. The second-order valence-corrected chi connectivity index (χ2v) is 4.18. The first kappa shape index (κ1) is 11.5. The van der Waals surface area contributed by atoms with Gasteiger partial charge in [-0.1, -0.05) is 0 Å². The molecule has 2 rings (SSSR count). The molecule has 0 amide bonds. The second-order valence-electron chi connectivity index (χ2n) is 4.18. The molecule has 1 aliphatic heterocycles. The molecule has 0 radical (unpaired) electrons. The number of aromatic amines is 1. The maximum atomic E-state index is 4.48. The van der Waals surface area contributed by atoms with Gasteiger partial charge in [-0.2, -0.15) is 0 Å². The molecule has 0 spiro atoms. The smallest absolute Gasteiger partial charge is 0.202 e. The molecule has 6 nitrogen and oxygen atoms in total. The molecule has 0 aromatic carbocycles. The predicted molar refractivity (Wildman–Crippen MR) is 68.8 cm³/mol. The molecule has 1 aromatic rings. The van der Waals surface area contributed by atoms with Crippen LogP contribution >= 0.6 is 0 Å². The lowest BCUT2D eigenvalue weighted by molar-refractivity contribution is 0.559. The van der Waals surface area contributed by atoms with Crippen molar-refractivity contribution in [3.05, 3.63) is 24.0 Å². The highest BCUT2D eigenvalue weighted by Gasteiger charge is 2.15. The minimum Gasteiger partial charge on any atom is -0.367 e. The van der Waals surface area contributed by atoms with Crippen LogP contribution in [0.15, 0.2) is 28.4 Å². The van der Waals surface area contributed by atoms with Crippen LogP contribution in [0, 0.1) is 0 Å². The summed E-state index contributed by atoms with van der Waals surface area (Å²) in [5.74, 6) is 1.58. The van der Waals surface area contributed by atoms with Crippen molar-refractivity contribution in [1.82, 2.24) is 20.5 Å². The van der Waals surface area contributed by atoms with E-state index >= 15 is 0 Å². The lowest BCUT2D eigenvalue weighted by atomic mass is 10.3. The van der Waals surface area contributed by atoms with Crippen LogP contribution in [-0.2, 0) is 6.54 Å². The fourth-order valence-corrected chi connectivity index (χ4v) is 1.53. The molecule has 6 heteroatoms. The van der Waals surface area contributed by atoms with Crippen LogP contribution < -0.4 is 10.6 Å². The molecule has 2 heterocycles. The quantitative estimate of drug-likeness (QED) is 0.690. The van der Waals surface area contributed by atoms with E-state index in [4.69, 9.17) is 0 Å². The summed E-state index contributed by atoms with van der Waals surface area (Å²) in [7, 11) is 3.90. The normalized spacial score (nSPS) is 21.7. The van der Waals surface area contributed by atoms with E-state index in [1.165, 1.54) is 0 Å². The molecule has 3 N–H and O–H groups in total. The Bertz CT molecular complexity index is 417. The first-order chi connectivity index (χ1) is 8.15. The largest absolute Gasteiger partial charge is 0.367 e. The van der Waals surface area contributed by atoms with Crippen molar-refractivity contribution in [3.63, 3.8) is 0 Å². The lowest BCUT2D eigenvalue weighted by Gasteiger charge is -2.26. The number of aliphatic imine (C=N–C) groups is 2. The number of rotatable bonds is 2. The van der Waals surface area contributed by atoms with Crippen molar-refractivity contribution in [3.8, 4) is 0 Å². The zero-order valence-corrected chi connectivity index (χ0v) is 10.4. The monoisotopic (exact) mass is 234 g/mol. The van der Waals surface area contributed by atoms with Gasteiger partial charge < -0.3 is 15.2 Å². The second kappa shape index (κ2) is 4.90. The number of nitrogens with one attached hydrogen (secondary N) is 3. The van der Waals surface area contributed by atoms with Crippen LogP contribution in [-0.4, -0.2) is 42.1 Å². The Morgan fingerprint density at radius 3 is 2.94 bits per heavy atom. The molecular formula is C11H18N6. The van der Waals surface area contributed by atoms with Gasteiger partial charge in [0, 0.05) is 26.5 Å². The van der Waals surface area contributed by atoms with Crippen molar-refractivity contribution < 1.29 is 0 Å². The van der Waals surface area contributed by atoms with E-state index in [1.807, 2.05) is 44.4 Å². The summed E-state index contributed by atoms with van der Waals surface area (Å²) in [5.41, 5.74) is 1.16. The van der Waals surface area contributed by atoms with Gasteiger partial charge in [0.15, 0.2) is 5.96 Å². The molecule has 0 saturated carbocycles. The number of guanidine groups is 2. The molecule has 1 atom stereocenters. The Labute approximate surface area is 101 Å². The van der Waals surface area contributed by atoms with Gasteiger partial charge in [-0.05, 0) is 18.6 Å². The highest BCUT2D eigenvalue weighted by Crippen LogP contribution is 2.00. The summed E-state index contributed by atoms with van der Waals surface area (Å²) < 4.78 is 0. The van der Waals surface area contributed by atoms with Crippen LogP contribution in [0.2, 0.25) is 0 Å². The topological polar surface area (TPSA) is 67.8 Å². The van der Waals surface area contributed by atoms with Gasteiger partial charge in [-0.3, -0.25) is 5.32 Å². The average Bonchev–Trinajstić information content (AvgIpc) is 2.78. The van der Waals surface area contributed by atoms with Crippen molar-refractivity contribution in [1.29, 1.82) is 0 Å². The summed E-state index contributed by atoms with van der Waals surface area (Å²) in [6.45, 7) is 2.64. The van der Waals surface area contributed by atoms with Crippen LogP contribution in [0.3, 0.4) is 0 Å². The maximum Gasteiger partial charge on any atom is 0.202 e. The average molecular weight is 234 g/mol. The Kier molecular flexibility index (Phi) is 3.32. The summed E-state index contributed by atoms with van der Waals surface area (Å²) in [6.07, 6.45) is 3.88. The van der Waals surface area contributed by atoms with Crippen LogP contribution in [0.1, 0.15) is 12.5 Å². The highest BCUT2D eigenvalue weighted by atomic mass is 15.4. The Balaban J connectivity index is 2.03. The highest BCUT2D eigenvalue weighted by molar-refractivity contribution is 6.00. The number of nitrogens with zero attached hydrogens (tertiary/aromatic N) is 3. The lowest BCUT2D eigenvalue weighted by Crippen LogP contribution is -2.53. The van der Waals surface area contributed by atoms with Gasteiger partial charge in [-0.15, -0.1) is 0 Å². The zero-order chi connectivity index (χ0) is 12.3. The van der Waals surface area contributed by atoms with Gasteiger partial charge in [0.1, 0.15) is 6.17 Å². The molecule has 1 aromatic heterocycles. The Morgan fingerprint density at radius 1 is 1.47 bits per heavy atom. The van der Waals surface area contributed by atoms with Crippen molar-refractivity contribution >= 4 is 11.9 Å². The van der Waals surface area contributed by atoms with Crippen molar-refractivity contribution in [2.24, 2.45) is 9.98 Å². The molecule has 1 unspecified atom stereocenters. The Hall–Kier alpha value is -1.98. The summed E-state index contributed by atoms with van der Waals surface area (Å²) >= 11 is 0. The third kappa shape index (κ3) is 2.99. The minimum absolute atomic E-state index is 0.0404. The molecule has 92 valence electrons. The number of aromatic nitrogens is 1. The molecule has 0 aliphatic carbocycles. The first-order valence-electron chi connectivity index (χ1n) is 5.60. The van der Waals surface area contributed by atoms with Gasteiger partial charge in [0.05, 0.1) is 6.54 Å². The molecule has 0 bridgehead atoms. The SMILES string of the molecule is CC1N=C(N(C)C)NC(=NCc2cc[nH]c2)N1. The van der Waals surface area contributed by atoms with Crippen LogP contribution in [0.5, 0.6) is 0 Å². The number of hydrogen-bond acceptors (Lipinski definition) is 3. The molecule has 17 heavy (non-hydrogen) atoms. The van der Waals surface area contributed by atoms with Gasteiger partial charge >= 0.3 is 0 Å². The van der Waals surface area contributed by atoms with Crippen molar-refractivity contribution in [2.75, 3.05) is 14.1 Å². The molecule has 0 saturated heterocycles. The van der Waals surface area contributed by atoms with Gasteiger partial charge in [0.25, 0.3) is 0 Å². The summed E-state index contributed by atoms with van der Waals surface area (Å²) in [4.78, 5) is 13.8. The Morgan fingerprint density at radius 2 is 2.29 bits per heavy atom. The van der Waals surface area contributed by atoms with Gasteiger partial charge in [0.2, 0.25) is 5.96 Å². The number of hydrogen-bond donors (Lipinski definition) is 3. The molecular weight excluding hydrogens is 216 g/mol. The fraction of sp³-hybridized carbons (Fsp3) is 0.455. The fourth-order valence-electron chi connectivity index (χ4n) is 1.53. The molecule has 1 aliphatic rings. The number of H-pyrrole nitrogens is 1. The van der Waals surface area contributed by atoms with Gasteiger partial charge in [-0.25, -0.2) is 9.98 Å². The van der Waals surface area contributed by atoms with E-state index in [1.54, 1.807) is 0 Å². The van der Waals surface area contributed by atoms with E-state index in [2.05, 4.69) is 25.6 Å². The van der Waals surface area contributed by atoms with Crippen LogP contribution in [0.4, 0.5) is 0 Å². The summed E-state index contributed by atoms with van der Waals surface area (Å²) in [5, 5.41) is 6.33. The maximum absolute atomic E-state index is 4.48. The third-order valence-electron chi connectivity index (χ3n) is 2.40. The first-order valence-corrected chi connectivity index (χ1v) is 5.60. The van der Waals surface area contributed by atoms with Crippen molar-refractivity contribution in [2.45, 2.75) is 19.6 Å². The standard InChI is InChI=1S/C11H18N6/c1-8-14-10(16-11(15-8)17(2)3)13-7-9-4-5-12-6-9/h4-6,8,12H,7H2,1-3H3,(H2,13,14,15,16). The summed E-state index contributed by atoms with van der Waals surface area (Å²) in [6, 6.07) is 2.01. The van der Waals surface area contributed by atoms with E-state index in [0.717, 1.165) is 17.5 Å². The van der Waals surface area contributed by atoms with Crippen LogP contribution in [0.25, 0.3) is 0 Å². The predicted octanol–water partition coefficient (Wildman–Crippen LogP) is 0.327. The zero-order valence-electron chi connectivity index (χ0n) is 10.4. The van der Waals surface area contributed by atoms with E-state index in [9.17, 15) is 0 Å². The molecule has 0 fully saturated rings. The van der Waals surface area contributed by atoms with E-state index < -0.39 is 0 Å².